The van der Waals surface area contributed by atoms with Crippen molar-refractivity contribution in [2.75, 3.05) is 26.2 Å². The lowest BCUT2D eigenvalue weighted by Gasteiger charge is -2.34. The number of hydrogen-bond acceptors (Lipinski definition) is 4. The minimum Gasteiger partial charge on any atom is -0.326 e. The van der Waals surface area contributed by atoms with Crippen molar-refractivity contribution in [3.63, 3.8) is 0 Å². The summed E-state index contributed by atoms with van der Waals surface area (Å²) >= 11 is 0. The third kappa shape index (κ3) is 4.07. The van der Waals surface area contributed by atoms with E-state index in [0.29, 0.717) is 31.7 Å². The molecule has 0 aliphatic carbocycles. The van der Waals surface area contributed by atoms with Crippen molar-refractivity contribution in [1.29, 1.82) is 0 Å². The SMILES string of the molecule is NCc1ccc(F)cc1S(=O)(=O)N1CCN(Cc2ccccc2)CC1. The number of halogens is 1. The van der Waals surface area contributed by atoms with Gasteiger partial charge in [-0.1, -0.05) is 36.4 Å². The number of piperazine rings is 1. The third-order valence-corrected chi connectivity index (χ3v) is 6.43. The van der Waals surface area contributed by atoms with Crippen LogP contribution in [0.4, 0.5) is 4.39 Å². The van der Waals surface area contributed by atoms with Crippen LogP contribution in [0, 0.1) is 5.82 Å². The molecule has 134 valence electrons. The average molecular weight is 363 g/mol. The van der Waals surface area contributed by atoms with Gasteiger partial charge in [-0.25, -0.2) is 12.8 Å². The summed E-state index contributed by atoms with van der Waals surface area (Å²) in [5, 5.41) is 0. The van der Waals surface area contributed by atoms with Gasteiger partial charge >= 0.3 is 0 Å². The molecule has 7 heteroatoms. The Kier molecular flexibility index (Phi) is 5.48. The van der Waals surface area contributed by atoms with E-state index in [9.17, 15) is 12.8 Å². The Labute approximate surface area is 147 Å². The smallest absolute Gasteiger partial charge is 0.243 e. The first-order valence-electron chi connectivity index (χ1n) is 8.25. The zero-order chi connectivity index (χ0) is 17.9. The highest BCUT2D eigenvalue weighted by molar-refractivity contribution is 7.89. The van der Waals surface area contributed by atoms with E-state index in [1.165, 1.54) is 22.0 Å². The zero-order valence-electron chi connectivity index (χ0n) is 13.9. The van der Waals surface area contributed by atoms with E-state index in [4.69, 9.17) is 5.73 Å². The van der Waals surface area contributed by atoms with Crippen molar-refractivity contribution in [1.82, 2.24) is 9.21 Å². The summed E-state index contributed by atoms with van der Waals surface area (Å²) < 4.78 is 40.7. The van der Waals surface area contributed by atoms with E-state index in [-0.39, 0.29) is 11.4 Å². The molecule has 0 radical (unpaired) electrons. The van der Waals surface area contributed by atoms with Gasteiger partial charge in [-0.15, -0.1) is 0 Å². The van der Waals surface area contributed by atoms with Crippen molar-refractivity contribution in [3.8, 4) is 0 Å². The molecule has 5 nitrogen and oxygen atoms in total. The number of rotatable bonds is 5. The van der Waals surface area contributed by atoms with Crippen LogP contribution in [0.3, 0.4) is 0 Å². The average Bonchev–Trinajstić information content (AvgIpc) is 2.63. The molecule has 0 aromatic heterocycles. The highest BCUT2D eigenvalue weighted by atomic mass is 32.2. The Hall–Kier alpha value is -1.80. The maximum absolute atomic E-state index is 13.6. The van der Waals surface area contributed by atoms with Crippen LogP contribution in [-0.2, 0) is 23.1 Å². The molecule has 1 saturated heterocycles. The second-order valence-corrected chi connectivity index (χ2v) is 8.03. The Morgan fingerprint density at radius 2 is 1.68 bits per heavy atom. The fourth-order valence-corrected chi connectivity index (χ4v) is 4.71. The Morgan fingerprint density at radius 1 is 1.00 bits per heavy atom. The molecule has 1 aliphatic heterocycles. The summed E-state index contributed by atoms with van der Waals surface area (Å²) in [6, 6.07) is 13.8. The maximum Gasteiger partial charge on any atom is 0.243 e. The molecule has 0 bridgehead atoms. The maximum atomic E-state index is 13.6. The van der Waals surface area contributed by atoms with Crippen molar-refractivity contribution >= 4 is 10.0 Å². The predicted octanol–water partition coefficient (Wildman–Crippen LogP) is 1.79. The molecule has 0 unspecified atom stereocenters. The molecule has 1 fully saturated rings. The number of nitrogens with zero attached hydrogens (tertiary/aromatic N) is 2. The lowest BCUT2D eigenvalue weighted by Crippen LogP contribution is -2.48. The van der Waals surface area contributed by atoms with Gasteiger partial charge in [0.15, 0.2) is 0 Å². The molecule has 1 aliphatic rings. The van der Waals surface area contributed by atoms with E-state index in [1.54, 1.807) is 0 Å². The summed E-state index contributed by atoms with van der Waals surface area (Å²) in [5.41, 5.74) is 7.26. The molecule has 2 aromatic rings. The van der Waals surface area contributed by atoms with E-state index >= 15 is 0 Å². The molecule has 0 saturated carbocycles. The zero-order valence-corrected chi connectivity index (χ0v) is 14.8. The Bertz CT molecular complexity index is 819. The van der Waals surface area contributed by atoms with Crippen LogP contribution in [0.5, 0.6) is 0 Å². The predicted molar refractivity (Wildman–Crippen MR) is 94.8 cm³/mol. The van der Waals surface area contributed by atoms with E-state index in [0.717, 1.165) is 12.6 Å². The van der Waals surface area contributed by atoms with Gasteiger partial charge in [-0.3, -0.25) is 4.90 Å². The van der Waals surface area contributed by atoms with Gasteiger partial charge in [-0.2, -0.15) is 4.31 Å². The second-order valence-electron chi connectivity index (χ2n) is 6.12. The summed E-state index contributed by atoms with van der Waals surface area (Å²) in [7, 11) is -3.74. The first-order chi connectivity index (χ1) is 12.0. The first kappa shape index (κ1) is 18.0. The number of hydrogen-bond donors (Lipinski definition) is 1. The standard InChI is InChI=1S/C18H22FN3O2S/c19-17-7-6-16(13-20)18(12-17)25(23,24)22-10-8-21(9-11-22)14-15-4-2-1-3-5-15/h1-7,12H,8-11,13-14,20H2. The summed E-state index contributed by atoms with van der Waals surface area (Å²) in [6.45, 7) is 2.90. The van der Waals surface area contributed by atoms with Gasteiger partial charge in [0.2, 0.25) is 10.0 Å². The molecule has 1 heterocycles. The topological polar surface area (TPSA) is 66.6 Å². The highest BCUT2D eigenvalue weighted by Crippen LogP contribution is 2.23. The van der Waals surface area contributed by atoms with E-state index in [1.807, 2.05) is 18.2 Å². The second kappa shape index (κ2) is 7.61. The van der Waals surface area contributed by atoms with Crippen LogP contribution < -0.4 is 5.73 Å². The minimum atomic E-state index is -3.74. The molecule has 0 amide bonds. The Balaban J connectivity index is 1.71. The summed E-state index contributed by atoms with van der Waals surface area (Å²) in [5.74, 6) is -0.571. The molecular formula is C18H22FN3O2S. The normalized spacial score (nSPS) is 16.9. The lowest BCUT2D eigenvalue weighted by atomic mass is 10.2. The van der Waals surface area contributed by atoms with Crippen LogP contribution in [-0.4, -0.2) is 43.8 Å². The molecular weight excluding hydrogens is 341 g/mol. The molecule has 0 atom stereocenters. The quantitative estimate of drug-likeness (QED) is 0.880. The molecule has 3 rings (SSSR count). The van der Waals surface area contributed by atoms with Crippen molar-refractivity contribution in [3.05, 3.63) is 65.5 Å². The van der Waals surface area contributed by atoms with Crippen molar-refractivity contribution < 1.29 is 12.8 Å². The summed E-state index contributed by atoms with van der Waals surface area (Å²) in [4.78, 5) is 2.20. The third-order valence-electron chi connectivity index (χ3n) is 4.45. The van der Waals surface area contributed by atoms with Crippen LogP contribution >= 0.6 is 0 Å². The fourth-order valence-electron chi connectivity index (χ4n) is 3.05. The largest absolute Gasteiger partial charge is 0.326 e. The van der Waals surface area contributed by atoms with Crippen LogP contribution in [0.15, 0.2) is 53.4 Å². The van der Waals surface area contributed by atoms with Gasteiger partial charge in [0, 0.05) is 39.3 Å². The summed E-state index contributed by atoms with van der Waals surface area (Å²) in [6.07, 6.45) is 0. The lowest BCUT2D eigenvalue weighted by molar-refractivity contribution is 0.181. The molecule has 25 heavy (non-hydrogen) atoms. The number of sulfonamides is 1. The van der Waals surface area contributed by atoms with Gasteiger partial charge < -0.3 is 5.73 Å². The monoisotopic (exact) mass is 363 g/mol. The van der Waals surface area contributed by atoms with Crippen LogP contribution in [0.25, 0.3) is 0 Å². The molecule has 2 aromatic carbocycles. The van der Waals surface area contributed by atoms with Crippen LogP contribution in [0.2, 0.25) is 0 Å². The number of benzene rings is 2. The fraction of sp³-hybridized carbons (Fsp3) is 0.333. The van der Waals surface area contributed by atoms with E-state index in [2.05, 4.69) is 17.0 Å². The van der Waals surface area contributed by atoms with E-state index < -0.39 is 15.8 Å². The molecule has 2 N–H and O–H groups in total. The van der Waals surface area contributed by atoms with Gasteiger partial charge in [0.25, 0.3) is 0 Å². The number of nitrogens with two attached hydrogens (primary N) is 1. The highest BCUT2D eigenvalue weighted by Gasteiger charge is 2.30. The van der Waals surface area contributed by atoms with Crippen molar-refractivity contribution in [2.24, 2.45) is 5.73 Å². The van der Waals surface area contributed by atoms with Crippen LogP contribution in [0.1, 0.15) is 11.1 Å². The minimum absolute atomic E-state index is 0.0218. The van der Waals surface area contributed by atoms with Crippen molar-refractivity contribution in [2.45, 2.75) is 18.0 Å². The first-order valence-corrected chi connectivity index (χ1v) is 9.69. The van der Waals surface area contributed by atoms with Gasteiger partial charge in [0.05, 0.1) is 4.90 Å². The molecule has 0 spiro atoms. The van der Waals surface area contributed by atoms with Gasteiger partial charge in [0.1, 0.15) is 5.82 Å². The van der Waals surface area contributed by atoms with Gasteiger partial charge in [-0.05, 0) is 23.3 Å². The Morgan fingerprint density at radius 3 is 2.32 bits per heavy atom.